The number of benzene rings is 4. The first-order chi connectivity index (χ1) is 17.9. The summed E-state index contributed by atoms with van der Waals surface area (Å²) in [6, 6.07) is 27.4. The van der Waals surface area contributed by atoms with Gasteiger partial charge in [-0.2, -0.15) is 0 Å². The number of nitrogens with zero attached hydrogens (tertiary/aromatic N) is 1. The van der Waals surface area contributed by atoms with Crippen molar-refractivity contribution >= 4 is 18.1 Å². The molecule has 0 aliphatic heterocycles. The van der Waals surface area contributed by atoms with Gasteiger partial charge >= 0.3 is 6.16 Å². The van der Waals surface area contributed by atoms with E-state index in [1.807, 2.05) is 54.6 Å². The quantitative estimate of drug-likeness (QED) is 0.165. The number of halogens is 1. The van der Waals surface area contributed by atoms with Gasteiger partial charge in [0.05, 0.1) is 0 Å². The van der Waals surface area contributed by atoms with Crippen LogP contribution in [0.15, 0.2) is 103 Å². The van der Waals surface area contributed by atoms with Crippen LogP contribution in [-0.2, 0) is 17.9 Å². The lowest BCUT2D eigenvalue weighted by Crippen LogP contribution is -2.28. The molecule has 0 aromatic heterocycles. The van der Waals surface area contributed by atoms with Gasteiger partial charge in [0.1, 0.15) is 5.82 Å². The number of ether oxygens (including phenoxy) is 1. The molecule has 2 N–H and O–H groups in total. The van der Waals surface area contributed by atoms with Gasteiger partial charge in [-0.25, -0.2) is 9.18 Å². The third kappa shape index (κ3) is 7.05. The van der Waals surface area contributed by atoms with Gasteiger partial charge in [-0.3, -0.25) is 4.79 Å². The number of hydrogen-bond acceptors (Lipinski definition) is 4. The molecule has 0 spiro atoms. The minimum Gasteiger partial charge on any atom is -0.504 e. The predicted molar refractivity (Wildman–Crippen MR) is 138 cm³/mol. The van der Waals surface area contributed by atoms with E-state index in [2.05, 4.69) is 4.74 Å². The van der Waals surface area contributed by atoms with Gasteiger partial charge in [0.15, 0.2) is 11.5 Å². The highest BCUT2D eigenvalue weighted by molar-refractivity contribution is 5.91. The molecule has 0 radical (unpaired) electrons. The number of rotatable bonds is 8. The molecule has 37 heavy (non-hydrogen) atoms. The van der Waals surface area contributed by atoms with Crippen molar-refractivity contribution in [3.8, 4) is 22.6 Å². The van der Waals surface area contributed by atoms with Gasteiger partial charge in [-0.15, -0.1) is 0 Å². The Bertz CT molecular complexity index is 1400. The zero-order chi connectivity index (χ0) is 26.2. The maximum Gasteiger partial charge on any atom is 0.511 e. The molecular formula is C30H24FNO5. The first-order valence-corrected chi connectivity index (χ1v) is 11.5. The Hall–Kier alpha value is -4.91. The Morgan fingerprint density at radius 2 is 1.41 bits per heavy atom. The van der Waals surface area contributed by atoms with Crippen LogP contribution < -0.4 is 4.74 Å². The molecule has 0 fully saturated rings. The first-order valence-electron chi connectivity index (χ1n) is 11.5. The monoisotopic (exact) mass is 497 g/mol. The molecule has 0 aliphatic rings. The number of carbonyl (C=O) groups excluding carboxylic acids is 1. The third-order valence-electron chi connectivity index (χ3n) is 5.63. The number of aromatic hydroxyl groups is 1. The van der Waals surface area contributed by atoms with E-state index in [9.17, 15) is 19.1 Å². The molecule has 0 saturated heterocycles. The van der Waals surface area contributed by atoms with Crippen LogP contribution in [0.25, 0.3) is 17.2 Å². The average Bonchev–Trinajstić information content (AvgIpc) is 2.90. The van der Waals surface area contributed by atoms with Crippen molar-refractivity contribution in [1.82, 2.24) is 4.90 Å². The standard InChI is InChI=1S/C30H24FNO5/c31-26-14-8-23(9-15-26)20-32(29(34)17-10-21-4-2-1-3-5-21)19-22-6-11-24(12-7-22)25-13-16-27(33)28(18-25)37-30(35)36/h1-18,33H,19-20H2,(H,35,36). The van der Waals surface area contributed by atoms with Crippen molar-refractivity contribution in [3.05, 3.63) is 126 Å². The largest absolute Gasteiger partial charge is 0.511 e. The minimum atomic E-state index is -1.52. The van der Waals surface area contributed by atoms with Crippen LogP contribution in [0.5, 0.6) is 11.5 Å². The van der Waals surface area contributed by atoms with E-state index in [1.54, 1.807) is 29.2 Å². The van der Waals surface area contributed by atoms with Crippen LogP contribution in [0.2, 0.25) is 0 Å². The molecule has 1 amide bonds. The molecular weight excluding hydrogens is 473 g/mol. The Labute approximate surface area is 213 Å². The van der Waals surface area contributed by atoms with Gasteiger partial charge in [0, 0.05) is 19.2 Å². The summed E-state index contributed by atoms with van der Waals surface area (Å²) in [6.45, 7) is 0.617. The zero-order valence-electron chi connectivity index (χ0n) is 19.8. The predicted octanol–water partition coefficient (Wildman–Crippen LogP) is 6.50. The lowest BCUT2D eigenvalue weighted by atomic mass is 10.0. The highest BCUT2D eigenvalue weighted by Gasteiger charge is 2.14. The first kappa shape index (κ1) is 25.2. The van der Waals surface area contributed by atoms with E-state index >= 15 is 0 Å². The second-order valence-electron chi connectivity index (χ2n) is 8.31. The van der Waals surface area contributed by atoms with E-state index in [0.717, 1.165) is 22.3 Å². The van der Waals surface area contributed by atoms with Gasteiger partial charge < -0.3 is 19.8 Å². The van der Waals surface area contributed by atoms with E-state index < -0.39 is 6.16 Å². The molecule has 0 heterocycles. The van der Waals surface area contributed by atoms with Gasteiger partial charge in [0.25, 0.3) is 0 Å². The van der Waals surface area contributed by atoms with Crippen LogP contribution >= 0.6 is 0 Å². The van der Waals surface area contributed by atoms with Gasteiger partial charge in [-0.1, -0.05) is 72.8 Å². The summed E-state index contributed by atoms with van der Waals surface area (Å²) < 4.78 is 18.0. The third-order valence-corrected chi connectivity index (χ3v) is 5.63. The Kier molecular flexibility index (Phi) is 7.95. The van der Waals surface area contributed by atoms with Crippen LogP contribution in [0, 0.1) is 5.82 Å². The Morgan fingerprint density at radius 3 is 2.03 bits per heavy atom. The smallest absolute Gasteiger partial charge is 0.504 e. The average molecular weight is 498 g/mol. The van der Waals surface area contributed by atoms with Crippen LogP contribution in [0.3, 0.4) is 0 Å². The summed E-state index contributed by atoms with van der Waals surface area (Å²) >= 11 is 0. The topological polar surface area (TPSA) is 87.1 Å². The van der Waals surface area contributed by atoms with Crippen LogP contribution in [-0.4, -0.2) is 27.2 Å². The van der Waals surface area contributed by atoms with Crippen molar-refractivity contribution in [1.29, 1.82) is 0 Å². The number of carboxylic acid groups (broad SMARTS) is 1. The van der Waals surface area contributed by atoms with Crippen molar-refractivity contribution in [2.75, 3.05) is 0 Å². The lowest BCUT2D eigenvalue weighted by molar-refractivity contribution is -0.127. The van der Waals surface area contributed by atoms with Gasteiger partial charge in [0.2, 0.25) is 5.91 Å². The number of amides is 1. The number of phenolic OH excluding ortho intramolecular Hbond substituents is 1. The molecule has 0 bridgehead atoms. The molecule has 4 aromatic rings. The number of hydrogen-bond donors (Lipinski definition) is 2. The lowest BCUT2D eigenvalue weighted by Gasteiger charge is -2.22. The van der Waals surface area contributed by atoms with Crippen molar-refractivity contribution in [2.24, 2.45) is 0 Å². The second-order valence-corrected chi connectivity index (χ2v) is 8.31. The Balaban J connectivity index is 1.54. The number of phenols is 1. The van der Waals surface area contributed by atoms with E-state index in [0.29, 0.717) is 18.7 Å². The maximum absolute atomic E-state index is 13.4. The SMILES string of the molecule is O=C(O)Oc1cc(-c2ccc(CN(Cc3ccc(F)cc3)C(=O)C=Cc3ccccc3)cc2)ccc1O. The molecule has 4 aromatic carbocycles. The highest BCUT2D eigenvalue weighted by atomic mass is 19.1. The highest BCUT2D eigenvalue weighted by Crippen LogP contribution is 2.32. The van der Waals surface area contributed by atoms with Crippen LogP contribution in [0.4, 0.5) is 9.18 Å². The molecule has 0 aliphatic carbocycles. The molecule has 7 heteroatoms. The summed E-state index contributed by atoms with van der Waals surface area (Å²) in [7, 11) is 0. The Morgan fingerprint density at radius 1 is 0.811 bits per heavy atom. The van der Waals surface area contributed by atoms with Crippen molar-refractivity contribution in [3.63, 3.8) is 0 Å². The van der Waals surface area contributed by atoms with Crippen molar-refractivity contribution in [2.45, 2.75) is 13.1 Å². The number of carbonyl (C=O) groups is 2. The van der Waals surface area contributed by atoms with Crippen molar-refractivity contribution < 1.29 is 28.9 Å². The fraction of sp³-hybridized carbons (Fsp3) is 0.0667. The molecule has 0 saturated carbocycles. The fourth-order valence-electron chi connectivity index (χ4n) is 3.75. The molecule has 0 atom stereocenters. The maximum atomic E-state index is 13.4. The summed E-state index contributed by atoms with van der Waals surface area (Å²) in [4.78, 5) is 25.6. The van der Waals surface area contributed by atoms with Crippen LogP contribution in [0.1, 0.15) is 16.7 Å². The summed E-state index contributed by atoms with van der Waals surface area (Å²) in [5, 5.41) is 18.7. The molecule has 0 unspecified atom stereocenters. The van der Waals surface area contributed by atoms with E-state index in [1.165, 1.54) is 30.3 Å². The van der Waals surface area contributed by atoms with E-state index in [-0.39, 0.29) is 23.2 Å². The minimum absolute atomic E-state index is 0.157. The fourth-order valence-corrected chi connectivity index (χ4v) is 3.75. The summed E-state index contributed by atoms with van der Waals surface area (Å²) in [5.74, 6) is -0.963. The van der Waals surface area contributed by atoms with Gasteiger partial charge in [-0.05, 0) is 58.2 Å². The molecule has 186 valence electrons. The second kappa shape index (κ2) is 11.7. The zero-order valence-corrected chi connectivity index (χ0v) is 19.8. The summed E-state index contributed by atoms with van der Waals surface area (Å²) in [6.07, 6.45) is 1.76. The molecule has 6 nitrogen and oxygen atoms in total. The normalized spacial score (nSPS) is 10.8. The summed E-state index contributed by atoms with van der Waals surface area (Å²) in [5.41, 5.74) is 4.01. The van der Waals surface area contributed by atoms with E-state index in [4.69, 9.17) is 5.11 Å². The molecule has 4 rings (SSSR count).